The minimum absolute atomic E-state index is 0.0590. The van der Waals surface area contributed by atoms with Crippen molar-refractivity contribution in [2.75, 3.05) is 13.6 Å². The van der Waals surface area contributed by atoms with Crippen molar-refractivity contribution in [2.45, 2.75) is 72.3 Å². The van der Waals surface area contributed by atoms with Crippen LogP contribution in [-0.2, 0) is 16.0 Å². The highest BCUT2D eigenvalue weighted by Gasteiger charge is 2.28. The van der Waals surface area contributed by atoms with Gasteiger partial charge in [-0.25, -0.2) is 10.4 Å². The molecule has 39 heavy (non-hydrogen) atoms. The maximum atomic E-state index is 13.5. The monoisotopic (exact) mass is 549 g/mol. The third kappa shape index (κ3) is 6.82. The molecule has 0 radical (unpaired) electrons. The lowest BCUT2D eigenvalue weighted by Gasteiger charge is -2.24. The zero-order valence-corrected chi connectivity index (χ0v) is 24.4. The van der Waals surface area contributed by atoms with E-state index in [0.717, 1.165) is 36.1 Å². The predicted molar refractivity (Wildman–Crippen MR) is 156 cm³/mol. The fraction of sp³-hybridized carbons (Fsp3) is 0.500. The van der Waals surface area contributed by atoms with Crippen LogP contribution < -0.4 is 5.43 Å². The Morgan fingerprint density at radius 1 is 1.18 bits per heavy atom. The van der Waals surface area contributed by atoms with Crippen LogP contribution >= 0.6 is 11.3 Å². The van der Waals surface area contributed by atoms with Crippen LogP contribution in [0.5, 0.6) is 0 Å². The van der Waals surface area contributed by atoms with E-state index < -0.39 is 5.92 Å². The molecule has 2 aromatic heterocycles. The summed E-state index contributed by atoms with van der Waals surface area (Å²) >= 11 is 1.73. The van der Waals surface area contributed by atoms with E-state index in [1.807, 2.05) is 18.2 Å². The number of ketones is 1. The molecule has 4 rings (SSSR count). The number of amides is 2. The summed E-state index contributed by atoms with van der Waals surface area (Å²) < 4.78 is 2.34. The van der Waals surface area contributed by atoms with Gasteiger partial charge in [0.1, 0.15) is 5.82 Å². The average Bonchev–Trinajstić information content (AvgIpc) is 3.64. The van der Waals surface area contributed by atoms with Crippen molar-refractivity contribution in [1.29, 1.82) is 0 Å². The van der Waals surface area contributed by atoms with E-state index in [9.17, 15) is 14.4 Å². The normalized spacial score (nSPS) is 14.2. The van der Waals surface area contributed by atoms with Crippen molar-refractivity contribution in [3.63, 3.8) is 0 Å². The molecule has 1 aliphatic rings. The third-order valence-corrected chi connectivity index (χ3v) is 8.22. The predicted octanol–water partition coefficient (Wildman–Crippen LogP) is 5.62. The number of imidazole rings is 1. The Balaban J connectivity index is 1.57. The van der Waals surface area contributed by atoms with Crippen LogP contribution in [-0.4, -0.2) is 51.4 Å². The van der Waals surface area contributed by atoms with Gasteiger partial charge in [-0.1, -0.05) is 33.8 Å². The van der Waals surface area contributed by atoms with Crippen LogP contribution in [0.15, 0.2) is 40.8 Å². The molecule has 1 aromatic carbocycles. The Hall–Kier alpha value is -3.33. The minimum Gasteiger partial charge on any atom is -0.340 e. The first kappa shape index (κ1) is 28.7. The number of nitrogens with one attached hydrogen (secondary N) is 1. The van der Waals surface area contributed by atoms with Gasteiger partial charge in [-0.3, -0.25) is 14.4 Å². The van der Waals surface area contributed by atoms with Crippen LogP contribution in [0.25, 0.3) is 11.0 Å². The van der Waals surface area contributed by atoms with Crippen molar-refractivity contribution in [3.8, 4) is 0 Å². The van der Waals surface area contributed by atoms with Gasteiger partial charge in [-0.05, 0) is 54.8 Å². The van der Waals surface area contributed by atoms with E-state index in [4.69, 9.17) is 4.98 Å². The Bertz CT molecular complexity index is 1350. The minimum atomic E-state index is -0.444. The Labute approximate surface area is 234 Å². The lowest BCUT2D eigenvalue weighted by atomic mass is 9.89. The zero-order chi connectivity index (χ0) is 28.1. The largest absolute Gasteiger partial charge is 0.340 e. The van der Waals surface area contributed by atoms with E-state index in [-0.39, 0.29) is 42.9 Å². The SMILES string of the molecule is CCC(CC)n1c(Cc2cccs2)nc2cc(C(=O)C[C@@H](CC(C)C)C(=O)N(C)CC3=NNC(=O)C3)ccc21. The number of nitrogens with zero attached hydrogens (tertiary/aromatic N) is 4. The molecule has 0 saturated heterocycles. The highest BCUT2D eigenvalue weighted by molar-refractivity contribution is 7.09. The topological polar surface area (TPSA) is 96.7 Å². The number of carbonyl (C=O) groups excluding carboxylic acids is 3. The van der Waals surface area contributed by atoms with Crippen LogP contribution in [0, 0.1) is 11.8 Å². The van der Waals surface area contributed by atoms with Crippen LogP contribution in [0.3, 0.4) is 0 Å². The Morgan fingerprint density at radius 2 is 1.95 bits per heavy atom. The second-order valence-electron chi connectivity index (χ2n) is 10.9. The second-order valence-corrected chi connectivity index (χ2v) is 11.9. The summed E-state index contributed by atoms with van der Waals surface area (Å²) in [7, 11) is 1.71. The second kappa shape index (κ2) is 12.7. The summed E-state index contributed by atoms with van der Waals surface area (Å²) in [6.45, 7) is 8.78. The van der Waals surface area contributed by atoms with Crippen molar-refractivity contribution >= 4 is 45.7 Å². The molecule has 9 heteroatoms. The molecule has 0 aliphatic carbocycles. The van der Waals surface area contributed by atoms with Crippen LogP contribution in [0.2, 0.25) is 0 Å². The number of aromatic nitrogens is 2. The van der Waals surface area contributed by atoms with E-state index in [0.29, 0.717) is 23.7 Å². The highest BCUT2D eigenvalue weighted by atomic mass is 32.1. The van der Waals surface area contributed by atoms with Gasteiger partial charge in [0.25, 0.3) is 0 Å². The lowest BCUT2D eigenvalue weighted by molar-refractivity contribution is -0.134. The smallest absolute Gasteiger partial charge is 0.245 e. The Morgan fingerprint density at radius 3 is 2.56 bits per heavy atom. The van der Waals surface area contributed by atoms with Gasteiger partial charge < -0.3 is 9.47 Å². The van der Waals surface area contributed by atoms with E-state index in [1.54, 1.807) is 23.3 Å². The first-order valence-corrected chi connectivity index (χ1v) is 14.7. The molecule has 0 bridgehead atoms. The lowest BCUT2D eigenvalue weighted by Crippen LogP contribution is -2.38. The summed E-state index contributed by atoms with van der Waals surface area (Å²) in [5.41, 5.74) is 5.50. The van der Waals surface area contributed by atoms with E-state index in [1.165, 1.54) is 4.88 Å². The molecule has 1 N–H and O–H groups in total. The molecule has 3 heterocycles. The average molecular weight is 550 g/mol. The van der Waals surface area contributed by atoms with Crippen LogP contribution in [0.4, 0.5) is 0 Å². The third-order valence-electron chi connectivity index (χ3n) is 7.34. The first-order chi connectivity index (χ1) is 18.7. The van der Waals surface area contributed by atoms with Crippen molar-refractivity contribution in [2.24, 2.45) is 16.9 Å². The molecular formula is C30H39N5O3S. The van der Waals surface area contributed by atoms with E-state index in [2.05, 4.69) is 60.3 Å². The number of Topliss-reactive ketones (excluding diaryl/α,β-unsaturated/α-hetero) is 1. The molecule has 1 atom stereocenters. The van der Waals surface area contributed by atoms with Crippen molar-refractivity contribution in [3.05, 3.63) is 52.0 Å². The number of benzene rings is 1. The number of carbonyl (C=O) groups is 3. The molecule has 0 saturated carbocycles. The summed E-state index contributed by atoms with van der Waals surface area (Å²) in [6, 6.07) is 10.3. The summed E-state index contributed by atoms with van der Waals surface area (Å²) in [6.07, 6.45) is 3.70. The number of fused-ring (bicyclic) bond motifs is 1. The molecule has 1 aliphatic heterocycles. The molecule has 2 amide bonds. The van der Waals surface area contributed by atoms with Gasteiger partial charge in [0.2, 0.25) is 11.8 Å². The maximum absolute atomic E-state index is 13.5. The molecular weight excluding hydrogens is 510 g/mol. The standard InChI is InChI=1S/C30H39N5O3S/c1-6-23(7-2)35-26-11-10-20(14-25(26)31-28(35)17-24-9-8-12-39-24)27(36)15-21(13-19(3)4)30(38)34(5)18-22-16-29(37)33-32-22/h8-12,14,19,21,23H,6-7,13,15-18H2,1-5H3,(H,33,37)/t21-/m1/s1. The number of thiophene rings is 1. The first-order valence-electron chi connectivity index (χ1n) is 13.9. The molecule has 0 spiro atoms. The molecule has 208 valence electrons. The van der Waals surface area contributed by atoms with Gasteiger partial charge in [0.05, 0.1) is 29.7 Å². The van der Waals surface area contributed by atoms with E-state index >= 15 is 0 Å². The van der Waals surface area contributed by atoms with Crippen molar-refractivity contribution in [1.82, 2.24) is 19.9 Å². The van der Waals surface area contributed by atoms with Crippen LogP contribution in [0.1, 0.15) is 86.9 Å². The molecule has 8 nitrogen and oxygen atoms in total. The zero-order valence-electron chi connectivity index (χ0n) is 23.6. The summed E-state index contributed by atoms with van der Waals surface area (Å²) in [5.74, 6) is 0.502. The van der Waals surface area contributed by atoms with Gasteiger partial charge in [-0.2, -0.15) is 5.10 Å². The fourth-order valence-corrected chi connectivity index (χ4v) is 6.12. The molecule has 0 unspecified atom stereocenters. The molecule has 0 fully saturated rings. The number of hydrogen-bond acceptors (Lipinski definition) is 6. The number of rotatable bonds is 13. The summed E-state index contributed by atoms with van der Waals surface area (Å²) in [5, 5.41) is 6.09. The van der Waals surface area contributed by atoms with Gasteiger partial charge >= 0.3 is 0 Å². The van der Waals surface area contributed by atoms with Gasteiger partial charge in [-0.15, -0.1) is 11.3 Å². The number of hydrazone groups is 1. The summed E-state index contributed by atoms with van der Waals surface area (Å²) in [4.78, 5) is 46.2. The fourth-order valence-electron chi connectivity index (χ4n) is 5.42. The Kier molecular flexibility index (Phi) is 9.32. The number of hydrogen-bond donors (Lipinski definition) is 1. The maximum Gasteiger partial charge on any atom is 0.245 e. The molecule has 3 aromatic rings. The van der Waals surface area contributed by atoms with Gasteiger partial charge in [0, 0.05) is 42.3 Å². The van der Waals surface area contributed by atoms with Crippen molar-refractivity contribution < 1.29 is 14.4 Å². The quantitative estimate of drug-likeness (QED) is 0.280. The highest BCUT2D eigenvalue weighted by Crippen LogP contribution is 2.29. The van der Waals surface area contributed by atoms with Gasteiger partial charge in [0.15, 0.2) is 5.78 Å².